The van der Waals surface area contributed by atoms with Crippen LogP contribution < -0.4 is 5.32 Å². The van der Waals surface area contributed by atoms with Gasteiger partial charge < -0.3 is 10.2 Å². The molecule has 1 aliphatic carbocycles. The van der Waals surface area contributed by atoms with Gasteiger partial charge in [0.25, 0.3) is 5.91 Å². The summed E-state index contributed by atoms with van der Waals surface area (Å²) in [5.41, 5.74) is 0.858. The summed E-state index contributed by atoms with van der Waals surface area (Å²) in [5, 5.41) is 3.00. The third-order valence-electron chi connectivity index (χ3n) is 6.93. The second-order valence-corrected chi connectivity index (χ2v) is 8.86. The molecule has 1 atom stereocenters. The highest BCUT2D eigenvalue weighted by Crippen LogP contribution is 2.44. The summed E-state index contributed by atoms with van der Waals surface area (Å²) in [6.07, 6.45) is 7.33. The van der Waals surface area contributed by atoms with Gasteiger partial charge in [0, 0.05) is 24.7 Å². The van der Waals surface area contributed by atoms with E-state index in [1.165, 1.54) is 6.07 Å². The van der Waals surface area contributed by atoms with Crippen LogP contribution >= 0.6 is 0 Å². The van der Waals surface area contributed by atoms with Crippen molar-refractivity contribution in [2.24, 2.45) is 0 Å². The van der Waals surface area contributed by atoms with E-state index in [4.69, 9.17) is 0 Å². The minimum absolute atomic E-state index is 0.0821. The average Bonchev–Trinajstić information content (AvgIpc) is 3.31. The predicted molar refractivity (Wildman–Crippen MR) is 119 cm³/mol. The van der Waals surface area contributed by atoms with E-state index in [-0.39, 0.29) is 23.7 Å². The number of nitrogens with one attached hydrogen (secondary N) is 1. The van der Waals surface area contributed by atoms with Gasteiger partial charge in [-0.1, -0.05) is 43.2 Å². The molecule has 5 heteroatoms. The zero-order valence-electron chi connectivity index (χ0n) is 18.0. The minimum atomic E-state index is -0.606. The van der Waals surface area contributed by atoms with Crippen LogP contribution in [0.4, 0.5) is 4.39 Å². The Balaban J connectivity index is 1.46. The highest BCUT2D eigenvalue weighted by Gasteiger charge is 2.46. The van der Waals surface area contributed by atoms with E-state index in [0.717, 1.165) is 63.5 Å². The average molecular weight is 423 g/mol. The fourth-order valence-electron chi connectivity index (χ4n) is 5.28. The van der Waals surface area contributed by atoms with Gasteiger partial charge in [0.05, 0.1) is 5.41 Å². The van der Waals surface area contributed by atoms with Crippen molar-refractivity contribution in [2.75, 3.05) is 13.1 Å². The third kappa shape index (κ3) is 4.65. The van der Waals surface area contributed by atoms with E-state index in [9.17, 15) is 14.0 Å². The number of halogens is 1. The monoisotopic (exact) mass is 422 g/mol. The van der Waals surface area contributed by atoms with Gasteiger partial charge in [-0.25, -0.2) is 4.39 Å². The minimum Gasteiger partial charge on any atom is -0.352 e. The Kier molecular flexibility index (Phi) is 6.69. The number of hydrogen-bond acceptors (Lipinski definition) is 2. The van der Waals surface area contributed by atoms with Crippen molar-refractivity contribution in [3.8, 4) is 0 Å². The Morgan fingerprint density at radius 1 is 1.00 bits per heavy atom. The summed E-state index contributed by atoms with van der Waals surface area (Å²) in [6, 6.07) is 15.9. The van der Waals surface area contributed by atoms with Crippen molar-refractivity contribution in [3.05, 3.63) is 71.5 Å². The van der Waals surface area contributed by atoms with Crippen molar-refractivity contribution < 1.29 is 14.0 Å². The number of hydrogen-bond donors (Lipinski definition) is 1. The quantitative estimate of drug-likeness (QED) is 0.724. The molecule has 4 rings (SSSR count). The van der Waals surface area contributed by atoms with E-state index in [0.29, 0.717) is 12.1 Å². The number of piperidine rings is 1. The van der Waals surface area contributed by atoms with Crippen LogP contribution in [0.25, 0.3) is 0 Å². The summed E-state index contributed by atoms with van der Waals surface area (Å²) in [4.78, 5) is 28.3. The molecular formula is C26H31FN2O2. The summed E-state index contributed by atoms with van der Waals surface area (Å²) in [6.45, 7) is 1.28. The van der Waals surface area contributed by atoms with Crippen molar-refractivity contribution >= 4 is 11.8 Å². The van der Waals surface area contributed by atoms with Gasteiger partial charge in [0.2, 0.25) is 5.91 Å². The van der Waals surface area contributed by atoms with E-state index >= 15 is 0 Å². The van der Waals surface area contributed by atoms with Crippen LogP contribution in [0, 0.1) is 5.82 Å². The van der Waals surface area contributed by atoms with Gasteiger partial charge in [-0.3, -0.25) is 9.59 Å². The Morgan fingerprint density at radius 3 is 2.52 bits per heavy atom. The lowest BCUT2D eigenvalue weighted by molar-refractivity contribution is -0.141. The molecule has 31 heavy (non-hydrogen) atoms. The molecule has 2 aliphatic rings. The van der Waals surface area contributed by atoms with E-state index < -0.39 is 5.41 Å². The number of rotatable bonds is 6. The number of benzene rings is 2. The van der Waals surface area contributed by atoms with E-state index in [1.54, 1.807) is 24.3 Å². The van der Waals surface area contributed by atoms with Crippen LogP contribution in [-0.4, -0.2) is 35.8 Å². The molecule has 1 heterocycles. The number of carbonyl (C=O) groups is 2. The summed E-state index contributed by atoms with van der Waals surface area (Å²) >= 11 is 0. The predicted octanol–water partition coefficient (Wildman–Crippen LogP) is 4.84. The number of nitrogens with zero attached hydrogens (tertiary/aromatic N) is 1. The molecule has 1 aliphatic heterocycles. The molecule has 164 valence electrons. The van der Waals surface area contributed by atoms with Crippen molar-refractivity contribution in [1.29, 1.82) is 0 Å². The van der Waals surface area contributed by atoms with Gasteiger partial charge >= 0.3 is 0 Å². The molecule has 2 amide bonds. The third-order valence-corrected chi connectivity index (χ3v) is 6.93. The summed E-state index contributed by atoms with van der Waals surface area (Å²) in [5.74, 6) is -0.216. The highest BCUT2D eigenvalue weighted by molar-refractivity contribution is 5.94. The molecular weight excluding hydrogens is 391 g/mol. The maximum Gasteiger partial charge on any atom is 0.251 e. The molecule has 1 unspecified atom stereocenters. The molecule has 1 N–H and O–H groups in total. The molecule has 1 saturated carbocycles. The van der Waals surface area contributed by atoms with Gasteiger partial charge in [-0.2, -0.15) is 0 Å². The molecule has 4 nitrogen and oxygen atoms in total. The topological polar surface area (TPSA) is 49.4 Å². The largest absolute Gasteiger partial charge is 0.352 e. The zero-order valence-corrected chi connectivity index (χ0v) is 18.0. The first-order valence-corrected chi connectivity index (χ1v) is 11.5. The Bertz CT molecular complexity index is 909. The molecule has 0 aromatic heterocycles. The van der Waals surface area contributed by atoms with Crippen molar-refractivity contribution in [2.45, 2.75) is 62.8 Å². The maximum atomic E-state index is 14.0. The zero-order chi connectivity index (χ0) is 21.7. The lowest BCUT2D eigenvalue weighted by Crippen LogP contribution is -2.52. The molecule has 0 bridgehead atoms. The SMILES string of the molecule is O=C(NCCC1CCCCN1C(=O)C1(c2cccc(F)c2)CCCC1)c1ccccc1. The highest BCUT2D eigenvalue weighted by atomic mass is 19.1. The van der Waals surface area contributed by atoms with Gasteiger partial charge in [0.1, 0.15) is 5.82 Å². The van der Waals surface area contributed by atoms with Gasteiger partial charge in [-0.15, -0.1) is 0 Å². The normalized spacial score (nSPS) is 20.4. The molecule has 1 saturated heterocycles. The van der Waals surface area contributed by atoms with Crippen LogP contribution in [0.1, 0.15) is 67.3 Å². The van der Waals surface area contributed by atoms with Crippen LogP contribution in [0.15, 0.2) is 54.6 Å². The first-order valence-electron chi connectivity index (χ1n) is 11.5. The maximum absolute atomic E-state index is 14.0. The van der Waals surface area contributed by atoms with Crippen molar-refractivity contribution in [3.63, 3.8) is 0 Å². The van der Waals surface area contributed by atoms with Crippen LogP contribution in [0.5, 0.6) is 0 Å². The first kappa shape index (κ1) is 21.5. The Hall–Kier alpha value is -2.69. The standard InChI is InChI=1S/C26H31FN2O2/c27-22-12-8-11-21(19-22)26(15-5-6-16-26)25(31)29-18-7-4-13-23(29)14-17-28-24(30)20-9-2-1-3-10-20/h1-3,8-12,19,23H,4-7,13-18H2,(H,28,30). The summed E-state index contributed by atoms with van der Waals surface area (Å²) < 4.78 is 14.0. The molecule has 2 aromatic rings. The van der Waals surface area contributed by atoms with Gasteiger partial charge in [0.15, 0.2) is 0 Å². The number of carbonyl (C=O) groups excluding carboxylic acids is 2. The fourth-order valence-corrected chi connectivity index (χ4v) is 5.28. The first-order chi connectivity index (χ1) is 15.1. The Labute approximate surface area is 183 Å². The van der Waals surface area contributed by atoms with Crippen molar-refractivity contribution in [1.82, 2.24) is 10.2 Å². The smallest absolute Gasteiger partial charge is 0.251 e. The second kappa shape index (κ2) is 9.63. The molecule has 0 radical (unpaired) electrons. The fraction of sp³-hybridized carbons (Fsp3) is 0.462. The van der Waals surface area contributed by atoms with E-state index in [2.05, 4.69) is 5.32 Å². The van der Waals surface area contributed by atoms with Crippen LogP contribution in [0.2, 0.25) is 0 Å². The van der Waals surface area contributed by atoms with E-state index in [1.807, 2.05) is 29.2 Å². The lowest BCUT2D eigenvalue weighted by atomic mass is 9.76. The van der Waals surface area contributed by atoms with Crippen LogP contribution in [-0.2, 0) is 10.2 Å². The summed E-state index contributed by atoms with van der Waals surface area (Å²) in [7, 11) is 0. The molecule has 2 aromatic carbocycles. The number of likely N-dealkylation sites (tertiary alicyclic amines) is 1. The lowest BCUT2D eigenvalue weighted by Gasteiger charge is -2.42. The number of amides is 2. The molecule has 2 fully saturated rings. The molecule has 0 spiro atoms. The second-order valence-electron chi connectivity index (χ2n) is 8.86. The Morgan fingerprint density at radius 2 is 1.77 bits per heavy atom. The van der Waals surface area contributed by atoms with Crippen LogP contribution in [0.3, 0.4) is 0 Å². The van der Waals surface area contributed by atoms with Gasteiger partial charge in [-0.05, 0) is 68.4 Å².